The Morgan fingerprint density at radius 3 is 2.76 bits per heavy atom. The summed E-state index contributed by atoms with van der Waals surface area (Å²) in [6.45, 7) is 5.20. The normalized spacial score (nSPS) is 12.4. The standard InChI is InChI=1S/C16H22BrN3O/c1-5-6-18-15(12-7-11(2)8-13(17)9-12)16-14(21-4)10-19-20(16)3/h7-10,15,18H,5-6H2,1-4H3. The second-order valence-electron chi connectivity index (χ2n) is 5.17. The van der Waals surface area contributed by atoms with Gasteiger partial charge in [0.2, 0.25) is 0 Å². The van der Waals surface area contributed by atoms with Crippen LogP contribution < -0.4 is 10.1 Å². The fourth-order valence-electron chi connectivity index (χ4n) is 2.51. The van der Waals surface area contributed by atoms with Gasteiger partial charge >= 0.3 is 0 Å². The molecule has 0 amide bonds. The number of hydrogen-bond donors (Lipinski definition) is 1. The molecule has 1 heterocycles. The summed E-state index contributed by atoms with van der Waals surface area (Å²) >= 11 is 3.59. The highest BCUT2D eigenvalue weighted by molar-refractivity contribution is 9.10. The minimum atomic E-state index is 0.0589. The van der Waals surface area contributed by atoms with E-state index in [0.29, 0.717) is 0 Å². The first kappa shape index (κ1) is 16.0. The van der Waals surface area contributed by atoms with Crippen LogP contribution in [0.25, 0.3) is 0 Å². The van der Waals surface area contributed by atoms with Crippen molar-refractivity contribution in [2.24, 2.45) is 7.05 Å². The van der Waals surface area contributed by atoms with Crippen molar-refractivity contribution in [3.05, 3.63) is 45.7 Å². The summed E-state index contributed by atoms with van der Waals surface area (Å²) in [5.74, 6) is 0.809. The van der Waals surface area contributed by atoms with Crippen molar-refractivity contribution >= 4 is 15.9 Å². The van der Waals surface area contributed by atoms with Gasteiger partial charge in [-0.25, -0.2) is 0 Å². The molecular weight excluding hydrogens is 330 g/mol. The number of halogens is 1. The molecule has 1 aromatic heterocycles. The zero-order chi connectivity index (χ0) is 15.4. The fraction of sp³-hybridized carbons (Fsp3) is 0.438. The van der Waals surface area contributed by atoms with Crippen molar-refractivity contribution in [3.63, 3.8) is 0 Å². The predicted octanol–water partition coefficient (Wildman–Crippen LogP) is 3.59. The first-order valence-corrected chi connectivity index (χ1v) is 7.92. The van der Waals surface area contributed by atoms with Crippen molar-refractivity contribution < 1.29 is 4.74 Å². The van der Waals surface area contributed by atoms with Crippen molar-refractivity contribution in [3.8, 4) is 5.75 Å². The third-order valence-corrected chi connectivity index (χ3v) is 3.90. The zero-order valence-corrected chi connectivity index (χ0v) is 14.6. The Morgan fingerprint density at radius 2 is 2.14 bits per heavy atom. The Balaban J connectivity index is 2.49. The lowest BCUT2D eigenvalue weighted by atomic mass is 10.0. The molecule has 2 rings (SSSR count). The lowest BCUT2D eigenvalue weighted by Gasteiger charge is -2.21. The predicted molar refractivity (Wildman–Crippen MR) is 88.8 cm³/mol. The summed E-state index contributed by atoms with van der Waals surface area (Å²) in [6, 6.07) is 6.52. The molecule has 4 nitrogen and oxygen atoms in total. The number of nitrogens with one attached hydrogen (secondary N) is 1. The number of ether oxygens (including phenoxy) is 1. The highest BCUT2D eigenvalue weighted by atomic mass is 79.9. The Kier molecular flexibility index (Phi) is 5.42. The number of nitrogens with zero attached hydrogens (tertiary/aromatic N) is 2. The third-order valence-electron chi connectivity index (χ3n) is 3.44. The average molecular weight is 352 g/mol. The van der Waals surface area contributed by atoms with Gasteiger partial charge in [-0.1, -0.05) is 28.9 Å². The van der Waals surface area contributed by atoms with E-state index in [1.165, 1.54) is 11.1 Å². The molecule has 0 saturated heterocycles. The van der Waals surface area contributed by atoms with Crippen LogP contribution in [0.5, 0.6) is 5.75 Å². The van der Waals surface area contributed by atoms with Gasteiger partial charge in [0.1, 0.15) is 5.69 Å². The van der Waals surface area contributed by atoms with E-state index in [1.807, 2.05) is 11.7 Å². The number of aromatic nitrogens is 2. The molecule has 1 N–H and O–H groups in total. The van der Waals surface area contributed by atoms with Gasteiger partial charge in [0.05, 0.1) is 19.3 Å². The van der Waals surface area contributed by atoms with Crippen LogP contribution in [0.4, 0.5) is 0 Å². The molecule has 1 unspecified atom stereocenters. The van der Waals surface area contributed by atoms with E-state index >= 15 is 0 Å². The van der Waals surface area contributed by atoms with Crippen LogP contribution in [-0.2, 0) is 7.05 Å². The first-order chi connectivity index (χ1) is 10.1. The van der Waals surface area contributed by atoms with Crippen molar-refractivity contribution in [1.82, 2.24) is 15.1 Å². The Morgan fingerprint density at radius 1 is 1.38 bits per heavy atom. The third kappa shape index (κ3) is 3.66. The number of hydrogen-bond acceptors (Lipinski definition) is 3. The molecule has 21 heavy (non-hydrogen) atoms. The monoisotopic (exact) mass is 351 g/mol. The second kappa shape index (κ2) is 7.09. The maximum atomic E-state index is 5.47. The molecule has 0 aliphatic rings. The smallest absolute Gasteiger partial charge is 0.161 e. The number of aryl methyl sites for hydroxylation is 2. The Hall–Kier alpha value is -1.33. The highest BCUT2D eigenvalue weighted by Gasteiger charge is 2.22. The Labute approximate surface area is 134 Å². The maximum absolute atomic E-state index is 5.47. The van der Waals surface area contributed by atoms with Crippen molar-refractivity contribution in [2.45, 2.75) is 26.3 Å². The summed E-state index contributed by atoms with van der Waals surface area (Å²) in [6.07, 6.45) is 2.84. The molecule has 0 spiro atoms. The van der Waals surface area contributed by atoms with Gasteiger partial charge in [-0.3, -0.25) is 4.68 Å². The van der Waals surface area contributed by atoms with Crippen LogP contribution in [0.15, 0.2) is 28.9 Å². The maximum Gasteiger partial charge on any atom is 0.161 e. The van der Waals surface area contributed by atoms with Crippen LogP contribution in [0.2, 0.25) is 0 Å². The highest BCUT2D eigenvalue weighted by Crippen LogP contribution is 2.31. The number of rotatable bonds is 6. The van der Waals surface area contributed by atoms with Crippen LogP contribution in [0.1, 0.15) is 36.2 Å². The van der Waals surface area contributed by atoms with E-state index in [0.717, 1.165) is 28.9 Å². The minimum Gasteiger partial charge on any atom is -0.493 e. The molecule has 5 heteroatoms. The molecule has 1 aromatic carbocycles. The van der Waals surface area contributed by atoms with Gasteiger partial charge in [0, 0.05) is 11.5 Å². The summed E-state index contributed by atoms with van der Waals surface area (Å²) in [4.78, 5) is 0. The zero-order valence-electron chi connectivity index (χ0n) is 13.0. The van der Waals surface area contributed by atoms with E-state index in [9.17, 15) is 0 Å². The molecule has 0 radical (unpaired) electrons. The number of benzene rings is 1. The van der Waals surface area contributed by atoms with E-state index in [2.05, 4.69) is 58.4 Å². The first-order valence-electron chi connectivity index (χ1n) is 7.13. The van der Waals surface area contributed by atoms with E-state index < -0.39 is 0 Å². The summed E-state index contributed by atoms with van der Waals surface area (Å²) in [5.41, 5.74) is 3.48. The quantitative estimate of drug-likeness (QED) is 0.864. The molecule has 114 valence electrons. The fourth-order valence-corrected chi connectivity index (χ4v) is 3.13. The van der Waals surface area contributed by atoms with E-state index in [1.54, 1.807) is 13.3 Å². The van der Waals surface area contributed by atoms with E-state index in [-0.39, 0.29) is 6.04 Å². The molecule has 0 bridgehead atoms. The van der Waals surface area contributed by atoms with Gasteiger partial charge in [-0.05, 0) is 43.1 Å². The van der Waals surface area contributed by atoms with Crippen LogP contribution in [-0.4, -0.2) is 23.4 Å². The lowest BCUT2D eigenvalue weighted by Crippen LogP contribution is -2.25. The molecule has 0 fully saturated rings. The van der Waals surface area contributed by atoms with Crippen LogP contribution in [0.3, 0.4) is 0 Å². The molecule has 0 saturated carbocycles. The topological polar surface area (TPSA) is 39.1 Å². The molecule has 0 aliphatic heterocycles. The summed E-state index contributed by atoms with van der Waals surface area (Å²) in [7, 11) is 3.63. The summed E-state index contributed by atoms with van der Waals surface area (Å²) in [5, 5.41) is 7.92. The van der Waals surface area contributed by atoms with Gasteiger partial charge in [0.15, 0.2) is 5.75 Å². The van der Waals surface area contributed by atoms with Gasteiger partial charge in [-0.15, -0.1) is 0 Å². The SMILES string of the molecule is CCCNC(c1cc(C)cc(Br)c1)c1c(OC)cnn1C. The second-order valence-corrected chi connectivity index (χ2v) is 6.09. The average Bonchev–Trinajstić information content (AvgIpc) is 2.80. The largest absolute Gasteiger partial charge is 0.493 e. The molecule has 2 aromatic rings. The molecule has 0 aliphatic carbocycles. The summed E-state index contributed by atoms with van der Waals surface area (Å²) < 4.78 is 8.44. The van der Waals surface area contributed by atoms with Crippen LogP contribution >= 0.6 is 15.9 Å². The Bertz CT molecular complexity index is 589. The van der Waals surface area contributed by atoms with Gasteiger partial charge < -0.3 is 10.1 Å². The van der Waals surface area contributed by atoms with E-state index in [4.69, 9.17) is 4.74 Å². The molecule has 1 atom stereocenters. The van der Waals surface area contributed by atoms with Crippen molar-refractivity contribution in [2.75, 3.05) is 13.7 Å². The number of methoxy groups -OCH3 is 1. The van der Waals surface area contributed by atoms with Crippen molar-refractivity contribution in [1.29, 1.82) is 0 Å². The van der Waals surface area contributed by atoms with Gasteiger partial charge in [-0.2, -0.15) is 5.10 Å². The lowest BCUT2D eigenvalue weighted by molar-refractivity contribution is 0.400. The molecular formula is C16H22BrN3O. The van der Waals surface area contributed by atoms with Gasteiger partial charge in [0.25, 0.3) is 0 Å². The minimum absolute atomic E-state index is 0.0589. The van der Waals surface area contributed by atoms with Crippen LogP contribution in [0, 0.1) is 6.92 Å².